The molecule has 138 valence electrons. The Balaban J connectivity index is 1.69. The summed E-state index contributed by atoms with van der Waals surface area (Å²) in [6.07, 6.45) is 1.63. The van der Waals surface area contributed by atoms with Gasteiger partial charge in [0.25, 0.3) is 0 Å². The second kappa shape index (κ2) is 9.10. The third kappa shape index (κ3) is 4.80. The van der Waals surface area contributed by atoms with Crippen molar-refractivity contribution in [3.05, 3.63) is 71.8 Å². The molecule has 26 heavy (non-hydrogen) atoms. The third-order valence-corrected chi connectivity index (χ3v) is 6.59. The van der Waals surface area contributed by atoms with Crippen LogP contribution in [0.4, 0.5) is 0 Å². The molecule has 0 aliphatic carbocycles. The van der Waals surface area contributed by atoms with E-state index in [2.05, 4.69) is 4.90 Å². The van der Waals surface area contributed by atoms with E-state index in [1.165, 1.54) is 0 Å². The minimum absolute atomic E-state index is 0.155. The minimum Gasteiger partial charge on any atom is -0.481 e. The molecule has 1 aliphatic rings. The van der Waals surface area contributed by atoms with Crippen LogP contribution in [-0.2, 0) is 15.6 Å². The number of carboxylic acid groups (broad SMARTS) is 1. The van der Waals surface area contributed by atoms with Gasteiger partial charge >= 0.3 is 5.97 Å². The Labute approximate surface area is 157 Å². The van der Waals surface area contributed by atoms with Crippen molar-refractivity contribution in [2.75, 3.05) is 25.4 Å². The summed E-state index contributed by atoms with van der Waals surface area (Å²) >= 11 is 0. The lowest BCUT2D eigenvalue weighted by Crippen LogP contribution is -2.40. The molecule has 0 radical (unpaired) electrons. The zero-order valence-electron chi connectivity index (χ0n) is 14.8. The monoisotopic (exact) mass is 371 g/mol. The topological polar surface area (TPSA) is 57.6 Å². The SMILES string of the molecule is O=C(O)[C@@H]1CCCN(CCS(=O)C(c2ccccc2)c2ccccc2)C1. The minimum atomic E-state index is -1.07. The van der Waals surface area contributed by atoms with Gasteiger partial charge in [0.05, 0.1) is 11.2 Å². The quantitative estimate of drug-likeness (QED) is 0.811. The van der Waals surface area contributed by atoms with E-state index in [0.717, 1.165) is 30.5 Å². The van der Waals surface area contributed by atoms with Crippen LogP contribution in [0, 0.1) is 5.92 Å². The normalized spacial score (nSPS) is 19.3. The van der Waals surface area contributed by atoms with Crippen LogP contribution in [0.3, 0.4) is 0 Å². The Morgan fingerprint density at radius 3 is 2.19 bits per heavy atom. The number of piperidine rings is 1. The van der Waals surface area contributed by atoms with Crippen molar-refractivity contribution in [1.82, 2.24) is 4.90 Å². The summed E-state index contributed by atoms with van der Waals surface area (Å²) in [6.45, 7) is 2.13. The second-order valence-corrected chi connectivity index (χ2v) is 8.41. The number of hydrogen-bond acceptors (Lipinski definition) is 3. The molecule has 0 spiro atoms. The van der Waals surface area contributed by atoms with Gasteiger partial charge in [0.15, 0.2) is 0 Å². The van der Waals surface area contributed by atoms with Crippen molar-refractivity contribution in [3.63, 3.8) is 0 Å². The average Bonchev–Trinajstić information content (AvgIpc) is 2.68. The molecule has 0 saturated carbocycles. The van der Waals surface area contributed by atoms with Gasteiger partial charge in [0, 0.05) is 29.6 Å². The van der Waals surface area contributed by atoms with E-state index < -0.39 is 16.8 Å². The van der Waals surface area contributed by atoms with E-state index in [4.69, 9.17) is 0 Å². The van der Waals surface area contributed by atoms with Crippen molar-refractivity contribution in [2.24, 2.45) is 5.92 Å². The predicted octanol–water partition coefficient (Wildman–Crippen LogP) is 3.32. The van der Waals surface area contributed by atoms with E-state index in [0.29, 0.717) is 18.8 Å². The summed E-state index contributed by atoms with van der Waals surface area (Å²) in [6, 6.07) is 19.9. The van der Waals surface area contributed by atoms with Crippen LogP contribution in [0.2, 0.25) is 0 Å². The largest absolute Gasteiger partial charge is 0.481 e. The molecule has 3 rings (SSSR count). The van der Waals surface area contributed by atoms with E-state index in [1.54, 1.807) is 0 Å². The van der Waals surface area contributed by atoms with Crippen molar-refractivity contribution < 1.29 is 14.1 Å². The highest BCUT2D eigenvalue weighted by molar-refractivity contribution is 7.85. The lowest BCUT2D eigenvalue weighted by atomic mass is 9.98. The van der Waals surface area contributed by atoms with Gasteiger partial charge in [-0.15, -0.1) is 0 Å². The predicted molar refractivity (Wildman–Crippen MR) is 105 cm³/mol. The molecular weight excluding hydrogens is 346 g/mol. The number of likely N-dealkylation sites (tertiary alicyclic amines) is 1. The van der Waals surface area contributed by atoms with Gasteiger partial charge in [0.2, 0.25) is 0 Å². The van der Waals surface area contributed by atoms with Crippen molar-refractivity contribution in [3.8, 4) is 0 Å². The molecule has 1 unspecified atom stereocenters. The zero-order valence-corrected chi connectivity index (χ0v) is 15.6. The van der Waals surface area contributed by atoms with Gasteiger partial charge < -0.3 is 10.0 Å². The average molecular weight is 372 g/mol. The Hall–Kier alpha value is -1.98. The lowest BCUT2D eigenvalue weighted by molar-refractivity contribution is -0.143. The summed E-state index contributed by atoms with van der Waals surface area (Å²) in [4.78, 5) is 13.4. The van der Waals surface area contributed by atoms with Crippen molar-refractivity contribution in [1.29, 1.82) is 0 Å². The molecule has 1 aliphatic heterocycles. The summed E-state index contributed by atoms with van der Waals surface area (Å²) in [5, 5.41) is 9.08. The first-order valence-corrected chi connectivity index (χ1v) is 10.5. The number of rotatable bonds is 7. The number of carbonyl (C=O) groups is 1. The number of hydrogen-bond donors (Lipinski definition) is 1. The Bertz CT molecular complexity index is 696. The molecule has 5 heteroatoms. The molecule has 2 aromatic rings. The molecule has 4 nitrogen and oxygen atoms in total. The van der Waals surface area contributed by atoms with E-state index >= 15 is 0 Å². The van der Waals surface area contributed by atoms with Gasteiger partial charge in [-0.2, -0.15) is 0 Å². The molecule has 0 bridgehead atoms. The fraction of sp³-hybridized carbons (Fsp3) is 0.381. The zero-order chi connectivity index (χ0) is 18.4. The van der Waals surface area contributed by atoms with Gasteiger partial charge in [-0.1, -0.05) is 60.7 Å². The van der Waals surface area contributed by atoms with Crippen LogP contribution in [0.5, 0.6) is 0 Å². The fourth-order valence-corrected chi connectivity index (χ4v) is 5.14. The maximum Gasteiger partial charge on any atom is 0.307 e. The number of aliphatic carboxylic acids is 1. The molecule has 1 N–H and O–H groups in total. The van der Waals surface area contributed by atoms with Gasteiger partial charge in [-0.05, 0) is 30.5 Å². The van der Waals surface area contributed by atoms with E-state index in [9.17, 15) is 14.1 Å². The highest BCUT2D eigenvalue weighted by Gasteiger charge is 2.27. The summed E-state index contributed by atoms with van der Waals surface area (Å²) in [5.74, 6) is -0.473. The maximum atomic E-state index is 13.2. The molecule has 1 saturated heterocycles. The standard InChI is InChI=1S/C21H25NO3S/c23-21(24)19-12-7-13-22(16-19)14-15-26(25)20(17-8-3-1-4-9-17)18-10-5-2-6-11-18/h1-6,8-11,19-20H,7,12-16H2,(H,23,24)/t19-,26?/m1/s1. The van der Waals surface area contributed by atoms with Gasteiger partial charge in [0.1, 0.15) is 0 Å². The number of carboxylic acids is 1. The van der Waals surface area contributed by atoms with Crippen molar-refractivity contribution in [2.45, 2.75) is 18.1 Å². The Kier molecular flexibility index (Phi) is 6.58. The molecule has 0 aromatic heterocycles. The van der Waals surface area contributed by atoms with Crippen LogP contribution in [0.15, 0.2) is 60.7 Å². The molecule has 1 heterocycles. The van der Waals surface area contributed by atoms with Crippen LogP contribution in [-0.4, -0.2) is 45.6 Å². The van der Waals surface area contributed by atoms with Gasteiger partial charge in [-0.25, -0.2) is 0 Å². The molecule has 0 amide bonds. The first kappa shape index (κ1) is 18.8. The highest BCUT2D eigenvalue weighted by Crippen LogP contribution is 2.28. The maximum absolute atomic E-state index is 13.2. The molecular formula is C21H25NO3S. The molecule has 1 fully saturated rings. The first-order valence-electron chi connectivity index (χ1n) is 9.07. The van der Waals surface area contributed by atoms with E-state index in [1.807, 2.05) is 60.7 Å². The smallest absolute Gasteiger partial charge is 0.307 e. The van der Waals surface area contributed by atoms with Gasteiger partial charge in [-0.3, -0.25) is 9.00 Å². The summed E-state index contributed by atoms with van der Waals surface area (Å²) in [7, 11) is -1.07. The van der Waals surface area contributed by atoms with Crippen LogP contribution >= 0.6 is 0 Å². The number of nitrogens with zero attached hydrogens (tertiary/aromatic N) is 1. The Morgan fingerprint density at radius 1 is 1.08 bits per heavy atom. The summed E-state index contributed by atoms with van der Waals surface area (Å²) in [5.41, 5.74) is 2.11. The van der Waals surface area contributed by atoms with Crippen LogP contribution in [0.25, 0.3) is 0 Å². The Morgan fingerprint density at radius 2 is 1.65 bits per heavy atom. The third-order valence-electron chi connectivity index (χ3n) is 4.93. The molecule has 2 atom stereocenters. The molecule has 2 aromatic carbocycles. The van der Waals surface area contributed by atoms with Crippen LogP contribution < -0.4 is 0 Å². The van der Waals surface area contributed by atoms with E-state index in [-0.39, 0.29) is 11.2 Å². The highest BCUT2D eigenvalue weighted by atomic mass is 32.2. The summed E-state index contributed by atoms with van der Waals surface area (Å²) < 4.78 is 13.2. The van der Waals surface area contributed by atoms with Crippen molar-refractivity contribution >= 4 is 16.8 Å². The first-order chi connectivity index (χ1) is 12.6. The lowest BCUT2D eigenvalue weighted by Gasteiger charge is -2.30. The number of benzene rings is 2. The van der Waals surface area contributed by atoms with Crippen LogP contribution in [0.1, 0.15) is 29.2 Å². The fourth-order valence-electron chi connectivity index (χ4n) is 3.55. The second-order valence-electron chi connectivity index (χ2n) is 6.76.